The monoisotopic (exact) mass is 394 g/mol. The Bertz CT molecular complexity index is 1060. The fourth-order valence-electron chi connectivity index (χ4n) is 3.80. The van der Waals surface area contributed by atoms with Gasteiger partial charge in [-0.3, -0.25) is 4.79 Å². The van der Waals surface area contributed by atoms with E-state index < -0.39 is 0 Å². The van der Waals surface area contributed by atoms with Gasteiger partial charge in [-0.05, 0) is 52.7 Å². The van der Waals surface area contributed by atoms with E-state index in [-0.39, 0.29) is 18.3 Å². The van der Waals surface area contributed by atoms with Gasteiger partial charge in [0.25, 0.3) is 0 Å². The molecule has 1 aliphatic heterocycles. The summed E-state index contributed by atoms with van der Waals surface area (Å²) in [6, 6.07) is 13.5. The van der Waals surface area contributed by atoms with E-state index in [1.54, 1.807) is 28.4 Å². The SMILES string of the molecule is COc1ccc2cc3c(cc2c1)C(c1cc(OC)c(OC)c(OC)c1)CC(=O)O3. The molecule has 0 bridgehead atoms. The van der Waals surface area contributed by atoms with Gasteiger partial charge in [0.2, 0.25) is 5.75 Å². The number of esters is 1. The van der Waals surface area contributed by atoms with Crippen LogP contribution in [0.4, 0.5) is 0 Å². The molecule has 3 aromatic rings. The number of methoxy groups -OCH3 is 4. The molecule has 4 rings (SSSR count). The van der Waals surface area contributed by atoms with E-state index in [2.05, 4.69) is 0 Å². The van der Waals surface area contributed by atoms with Crippen LogP contribution in [0, 0.1) is 0 Å². The first-order valence-electron chi connectivity index (χ1n) is 9.20. The zero-order valence-corrected chi connectivity index (χ0v) is 16.8. The molecule has 29 heavy (non-hydrogen) atoms. The van der Waals surface area contributed by atoms with E-state index in [0.717, 1.165) is 27.6 Å². The third-order valence-corrected chi connectivity index (χ3v) is 5.24. The van der Waals surface area contributed by atoms with Crippen LogP contribution in [-0.2, 0) is 4.79 Å². The standard InChI is InChI=1S/C23H22O6/c1-25-16-6-5-13-9-19-18(8-14(13)7-16)17(12-22(24)29-19)15-10-20(26-2)23(28-4)21(11-15)27-3/h5-11,17H,12H2,1-4H3. The lowest BCUT2D eigenvalue weighted by molar-refractivity contribution is -0.135. The highest BCUT2D eigenvalue weighted by molar-refractivity contribution is 5.89. The van der Waals surface area contributed by atoms with Crippen LogP contribution in [-0.4, -0.2) is 34.4 Å². The Kier molecular flexibility index (Phi) is 4.92. The van der Waals surface area contributed by atoms with Crippen LogP contribution < -0.4 is 23.7 Å². The maximum Gasteiger partial charge on any atom is 0.312 e. The molecule has 0 N–H and O–H groups in total. The van der Waals surface area contributed by atoms with Gasteiger partial charge in [0, 0.05) is 11.5 Å². The Morgan fingerprint density at radius 2 is 1.55 bits per heavy atom. The molecule has 1 heterocycles. The van der Waals surface area contributed by atoms with Crippen molar-refractivity contribution in [3.8, 4) is 28.7 Å². The summed E-state index contributed by atoms with van der Waals surface area (Å²) in [6.07, 6.45) is 0.223. The normalized spacial score (nSPS) is 15.4. The van der Waals surface area contributed by atoms with Crippen LogP contribution in [0.15, 0.2) is 42.5 Å². The third-order valence-electron chi connectivity index (χ3n) is 5.24. The van der Waals surface area contributed by atoms with Crippen LogP contribution in [0.1, 0.15) is 23.5 Å². The van der Waals surface area contributed by atoms with E-state index >= 15 is 0 Å². The number of hydrogen-bond donors (Lipinski definition) is 0. The number of carbonyl (C=O) groups is 1. The minimum atomic E-state index is -0.274. The Labute approximate surface area is 168 Å². The number of rotatable bonds is 5. The fraction of sp³-hybridized carbons (Fsp3) is 0.261. The zero-order chi connectivity index (χ0) is 20.5. The molecule has 1 unspecified atom stereocenters. The molecular weight excluding hydrogens is 372 g/mol. The summed E-state index contributed by atoms with van der Waals surface area (Å²) in [4.78, 5) is 12.3. The van der Waals surface area contributed by atoms with Crippen molar-refractivity contribution >= 4 is 16.7 Å². The Balaban J connectivity index is 1.90. The van der Waals surface area contributed by atoms with Gasteiger partial charge in [0.05, 0.1) is 34.9 Å². The molecule has 1 aliphatic rings. The van der Waals surface area contributed by atoms with Crippen LogP contribution in [0.2, 0.25) is 0 Å². The molecule has 0 fully saturated rings. The van der Waals surface area contributed by atoms with E-state index in [1.807, 2.05) is 42.5 Å². The minimum Gasteiger partial charge on any atom is -0.497 e. The van der Waals surface area contributed by atoms with Gasteiger partial charge in [-0.2, -0.15) is 0 Å². The lowest BCUT2D eigenvalue weighted by Crippen LogP contribution is -2.21. The first-order chi connectivity index (χ1) is 14.1. The van der Waals surface area contributed by atoms with Gasteiger partial charge in [-0.15, -0.1) is 0 Å². The van der Waals surface area contributed by atoms with Crippen molar-refractivity contribution < 1.29 is 28.5 Å². The number of carbonyl (C=O) groups excluding carboxylic acids is 1. The van der Waals surface area contributed by atoms with Crippen LogP contribution in [0.5, 0.6) is 28.7 Å². The van der Waals surface area contributed by atoms with Gasteiger partial charge in [0.1, 0.15) is 11.5 Å². The Morgan fingerprint density at radius 3 is 2.17 bits per heavy atom. The number of benzene rings is 3. The van der Waals surface area contributed by atoms with E-state index in [0.29, 0.717) is 23.0 Å². The largest absolute Gasteiger partial charge is 0.497 e. The van der Waals surface area contributed by atoms with Crippen LogP contribution in [0.3, 0.4) is 0 Å². The lowest BCUT2D eigenvalue weighted by Gasteiger charge is -2.26. The third kappa shape index (κ3) is 3.31. The van der Waals surface area contributed by atoms with Crippen LogP contribution in [0.25, 0.3) is 10.8 Å². The molecule has 0 aliphatic carbocycles. The second-order valence-electron chi connectivity index (χ2n) is 6.79. The lowest BCUT2D eigenvalue weighted by atomic mass is 9.85. The maximum atomic E-state index is 12.3. The van der Waals surface area contributed by atoms with Crippen molar-refractivity contribution in [3.63, 3.8) is 0 Å². The van der Waals surface area contributed by atoms with E-state index in [9.17, 15) is 4.79 Å². The van der Waals surface area contributed by atoms with Gasteiger partial charge < -0.3 is 23.7 Å². The molecule has 6 nitrogen and oxygen atoms in total. The average molecular weight is 394 g/mol. The van der Waals surface area contributed by atoms with Crippen LogP contribution >= 0.6 is 0 Å². The average Bonchev–Trinajstić information content (AvgIpc) is 2.75. The fourth-order valence-corrected chi connectivity index (χ4v) is 3.80. The number of ether oxygens (including phenoxy) is 5. The summed E-state index contributed by atoms with van der Waals surface area (Å²) in [5, 5.41) is 1.99. The summed E-state index contributed by atoms with van der Waals surface area (Å²) in [5.74, 6) is 2.47. The highest BCUT2D eigenvalue weighted by atomic mass is 16.5. The number of fused-ring (bicyclic) bond motifs is 2. The first kappa shape index (κ1) is 18.9. The predicted molar refractivity (Wildman–Crippen MR) is 109 cm³/mol. The molecule has 0 amide bonds. The van der Waals surface area contributed by atoms with Crippen molar-refractivity contribution in [2.24, 2.45) is 0 Å². The highest BCUT2D eigenvalue weighted by Crippen LogP contribution is 2.46. The van der Waals surface area contributed by atoms with Crippen molar-refractivity contribution in [1.29, 1.82) is 0 Å². The topological polar surface area (TPSA) is 63.2 Å². The first-order valence-corrected chi connectivity index (χ1v) is 9.20. The molecule has 0 spiro atoms. The zero-order valence-electron chi connectivity index (χ0n) is 16.8. The molecule has 3 aromatic carbocycles. The second-order valence-corrected chi connectivity index (χ2v) is 6.79. The molecule has 6 heteroatoms. The van der Waals surface area contributed by atoms with Gasteiger partial charge in [-0.1, -0.05) is 6.07 Å². The van der Waals surface area contributed by atoms with Gasteiger partial charge in [0.15, 0.2) is 11.5 Å². The quantitative estimate of drug-likeness (QED) is 0.475. The molecule has 0 radical (unpaired) electrons. The molecule has 150 valence electrons. The summed E-state index contributed by atoms with van der Waals surface area (Å²) < 4.78 is 27.3. The predicted octanol–water partition coefficient (Wildman–Crippen LogP) is 4.32. The van der Waals surface area contributed by atoms with Crippen molar-refractivity contribution in [1.82, 2.24) is 0 Å². The molecule has 0 saturated heterocycles. The van der Waals surface area contributed by atoms with E-state index in [4.69, 9.17) is 23.7 Å². The second kappa shape index (κ2) is 7.54. The highest BCUT2D eigenvalue weighted by Gasteiger charge is 2.30. The van der Waals surface area contributed by atoms with Crippen molar-refractivity contribution in [2.45, 2.75) is 12.3 Å². The summed E-state index contributed by atoms with van der Waals surface area (Å²) in [7, 11) is 6.35. The van der Waals surface area contributed by atoms with Gasteiger partial charge >= 0.3 is 5.97 Å². The number of hydrogen-bond acceptors (Lipinski definition) is 6. The summed E-state index contributed by atoms with van der Waals surface area (Å²) in [6.45, 7) is 0. The smallest absolute Gasteiger partial charge is 0.312 e. The maximum absolute atomic E-state index is 12.3. The summed E-state index contributed by atoms with van der Waals surface area (Å²) in [5.41, 5.74) is 1.82. The van der Waals surface area contributed by atoms with E-state index in [1.165, 1.54) is 0 Å². The molecule has 0 saturated carbocycles. The van der Waals surface area contributed by atoms with Crippen molar-refractivity contribution in [3.05, 3.63) is 53.6 Å². The van der Waals surface area contributed by atoms with Gasteiger partial charge in [-0.25, -0.2) is 0 Å². The minimum absolute atomic E-state index is 0.199. The molecular formula is C23H22O6. The summed E-state index contributed by atoms with van der Waals surface area (Å²) >= 11 is 0. The Hall–Kier alpha value is -3.41. The van der Waals surface area contributed by atoms with Crippen molar-refractivity contribution in [2.75, 3.05) is 28.4 Å². The molecule has 0 aromatic heterocycles. The molecule has 1 atom stereocenters. The Morgan fingerprint density at radius 1 is 0.828 bits per heavy atom.